The van der Waals surface area contributed by atoms with E-state index in [9.17, 15) is 4.79 Å². The van der Waals surface area contributed by atoms with Gasteiger partial charge in [0.1, 0.15) is 23.0 Å². The molecule has 0 bridgehead atoms. The third kappa shape index (κ3) is 11.6. The second-order valence-electron chi connectivity index (χ2n) is 8.06. The highest BCUT2D eigenvalue weighted by atomic mass is 127. The Morgan fingerprint density at radius 2 is 1.44 bits per heavy atom. The molecule has 1 saturated heterocycles. The van der Waals surface area contributed by atoms with Crippen LogP contribution in [0.15, 0.2) is 0 Å². The smallest absolute Gasteiger partial charge is 0.222 e. The first-order chi connectivity index (χ1) is 13.2. The highest BCUT2D eigenvalue weighted by molar-refractivity contribution is 14.1. The van der Waals surface area contributed by atoms with Crippen LogP contribution in [0, 0.1) is 0 Å². The minimum Gasteiger partial charge on any atom is -0.380 e. The summed E-state index contributed by atoms with van der Waals surface area (Å²) in [5, 5.41) is 0. The van der Waals surface area contributed by atoms with E-state index in [2.05, 4.69) is 6.92 Å². The van der Waals surface area contributed by atoms with Crippen LogP contribution in [0.3, 0.4) is 0 Å². The summed E-state index contributed by atoms with van der Waals surface area (Å²) in [6.07, 6.45) is 19.1. The van der Waals surface area contributed by atoms with Crippen molar-refractivity contribution in [1.82, 2.24) is 4.90 Å². The van der Waals surface area contributed by atoms with Gasteiger partial charge in [-0.15, -0.1) is 0 Å². The van der Waals surface area contributed by atoms with Gasteiger partial charge in [0.05, 0.1) is 18.8 Å². The summed E-state index contributed by atoms with van der Waals surface area (Å²) in [6.45, 7) is 3.60. The second kappa shape index (κ2) is 17.0. The molecule has 2 atom stereocenters. The summed E-state index contributed by atoms with van der Waals surface area (Å²) in [7, 11) is 1.73. The molecule has 0 aromatic heterocycles. The van der Waals surface area contributed by atoms with Gasteiger partial charge in [0.25, 0.3) is 0 Å². The normalized spacial score (nSPS) is 19.7. The topological polar surface area (TPSA) is 38.8 Å². The zero-order valence-electron chi connectivity index (χ0n) is 17.7. The van der Waals surface area contributed by atoms with Crippen LogP contribution in [0.4, 0.5) is 0 Å². The van der Waals surface area contributed by atoms with Gasteiger partial charge in [-0.2, -0.15) is 0 Å². The van der Waals surface area contributed by atoms with Crippen molar-refractivity contribution in [2.75, 3.05) is 20.3 Å². The van der Waals surface area contributed by atoms with Crippen molar-refractivity contribution in [3.8, 4) is 0 Å². The third-order valence-corrected chi connectivity index (χ3v) is 6.14. The second-order valence-corrected chi connectivity index (χ2v) is 8.68. The Morgan fingerprint density at radius 3 is 1.93 bits per heavy atom. The van der Waals surface area contributed by atoms with Gasteiger partial charge in [-0.3, -0.25) is 4.79 Å². The minimum atomic E-state index is 0.164. The van der Waals surface area contributed by atoms with Crippen LogP contribution >= 0.6 is 23.0 Å². The van der Waals surface area contributed by atoms with Gasteiger partial charge in [-0.1, -0.05) is 84.0 Å². The number of amides is 1. The molecule has 0 aromatic carbocycles. The number of rotatable bonds is 17. The molecule has 0 N–H and O–H groups in total. The van der Waals surface area contributed by atoms with Crippen molar-refractivity contribution in [1.29, 1.82) is 0 Å². The molecule has 1 heterocycles. The molecule has 1 fully saturated rings. The Balaban J connectivity index is 1.96. The summed E-state index contributed by atoms with van der Waals surface area (Å²) < 4.78 is 10.7. The van der Waals surface area contributed by atoms with E-state index in [1.165, 1.54) is 77.0 Å². The highest BCUT2D eigenvalue weighted by Crippen LogP contribution is 2.23. The number of halogens is 1. The maximum Gasteiger partial charge on any atom is 0.222 e. The summed E-state index contributed by atoms with van der Waals surface area (Å²) >= 11 is 1.91. The lowest BCUT2D eigenvalue weighted by Crippen LogP contribution is -2.38. The SMILES string of the molecule is CCCCCCCCCCCCCCCC(=O)N1C[C@H](OC)C[C@H]1COI. The van der Waals surface area contributed by atoms with Crippen LogP contribution in [-0.2, 0) is 12.6 Å². The average molecular weight is 495 g/mol. The Morgan fingerprint density at radius 1 is 0.926 bits per heavy atom. The molecular weight excluding hydrogens is 453 g/mol. The molecule has 27 heavy (non-hydrogen) atoms. The summed E-state index contributed by atoms with van der Waals surface area (Å²) in [5.41, 5.74) is 0. The monoisotopic (exact) mass is 495 g/mol. The number of unbranched alkanes of at least 4 members (excludes halogenated alkanes) is 12. The number of carbonyl (C=O) groups is 1. The highest BCUT2D eigenvalue weighted by Gasteiger charge is 2.34. The number of carbonyl (C=O) groups excluding carboxylic acids is 1. The van der Waals surface area contributed by atoms with Crippen molar-refractivity contribution < 1.29 is 12.6 Å². The van der Waals surface area contributed by atoms with Crippen molar-refractivity contribution in [3.05, 3.63) is 0 Å². The fraction of sp³-hybridized carbons (Fsp3) is 0.955. The maximum absolute atomic E-state index is 12.5. The van der Waals surface area contributed by atoms with Gasteiger partial charge < -0.3 is 12.7 Å². The fourth-order valence-electron chi connectivity index (χ4n) is 4.02. The third-order valence-electron chi connectivity index (χ3n) is 5.78. The zero-order valence-corrected chi connectivity index (χ0v) is 19.9. The first-order valence-corrected chi connectivity index (χ1v) is 12.2. The Labute approximate surface area is 181 Å². The standard InChI is InChI=1S/C22H42INO3/c1-3-4-5-6-7-8-9-10-11-12-13-14-15-16-22(25)24-18-21(26-2)17-20(24)19-27-23/h20-21H,3-19H2,1-2H3/t20-,21+/m0/s1. The number of hydrogen-bond acceptors (Lipinski definition) is 3. The van der Waals surface area contributed by atoms with Gasteiger partial charge in [0.15, 0.2) is 0 Å². The molecule has 0 unspecified atom stereocenters. The van der Waals surface area contributed by atoms with E-state index in [0.29, 0.717) is 13.0 Å². The minimum absolute atomic E-state index is 0.164. The number of nitrogens with zero attached hydrogens (tertiary/aromatic N) is 1. The van der Waals surface area contributed by atoms with Crippen LogP contribution in [0.1, 0.15) is 103 Å². The number of methoxy groups -OCH3 is 1. The molecule has 5 heteroatoms. The van der Waals surface area contributed by atoms with E-state index in [1.54, 1.807) is 7.11 Å². The Hall–Kier alpha value is 0.120. The molecule has 4 nitrogen and oxygen atoms in total. The van der Waals surface area contributed by atoms with Crippen LogP contribution < -0.4 is 0 Å². The predicted octanol–water partition coefficient (Wildman–Crippen LogP) is 6.45. The van der Waals surface area contributed by atoms with E-state index in [4.69, 9.17) is 7.80 Å². The number of likely N-dealkylation sites (tertiary alicyclic amines) is 1. The van der Waals surface area contributed by atoms with Gasteiger partial charge in [-0.25, -0.2) is 0 Å². The van der Waals surface area contributed by atoms with E-state index < -0.39 is 0 Å². The zero-order chi connectivity index (χ0) is 19.7. The van der Waals surface area contributed by atoms with E-state index in [1.807, 2.05) is 27.9 Å². The summed E-state index contributed by atoms with van der Waals surface area (Å²) in [6, 6.07) is 0.182. The summed E-state index contributed by atoms with van der Waals surface area (Å²) in [5.74, 6) is 0.274. The van der Waals surface area contributed by atoms with Crippen molar-refractivity contribution in [2.45, 2.75) is 115 Å². The van der Waals surface area contributed by atoms with E-state index in [0.717, 1.165) is 19.4 Å². The largest absolute Gasteiger partial charge is 0.380 e. The molecule has 1 amide bonds. The molecule has 0 saturated carbocycles. The average Bonchev–Trinajstić information content (AvgIpc) is 3.09. The van der Waals surface area contributed by atoms with Crippen LogP contribution in [-0.4, -0.2) is 43.2 Å². The van der Waals surface area contributed by atoms with Crippen molar-refractivity contribution in [3.63, 3.8) is 0 Å². The lowest BCUT2D eigenvalue weighted by molar-refractivity contribution is -0.132. The van der Waals surface area contributed by atoms with Gasteiger partial charge >= 0.3 is 0 Å². The molecule has 1 aliphatic rings. The quantitative estimate of drug-likeness (QED) is 0.172. The lowest BCUT2D eigenvalue weighted by Gasteiger charge is -2.23. The van der Waals surface area contributed by atoms with Gasteiger partial charge in [0, 0.05) is 20.1 Å². The summed E-state index contributed by atoms with van der Waals surface area (Å²) in [4.78, 5) is 14.5. The van der Waals surface area contributed by atoms with Gasteiger partial charge in [-0.05, 0) is 12.8 Å². The fourth-order valence-corrected chi connectivity index (χ4v) is 4.43. The van der Waals surface area contributed by atoms with Crippen molar-refractivity contribution in [2.24, 2.45) is 0 Å². The molecule has 1 rings (SSSR count). The maximum atomic E-state index is 12.5. The lowest BCUT2D eigenvalue weighted by atomic mass is 10.0. The predicted molar refractivity (Wildman–Crippen MR) is 121 cm³/mol. The van der Waals surface area contributed by atoms with E-state index >= 15 is 0 Å². The van der Waals surface area contributed by atoms with E-state index in [-0.39, 0.29) is 18.1 Å². The Bertz CT molecular complexity index is 367. The Kier molecular flexibility index (Phi) is 15.9. The van der Waals surface area contributed by atoms with Crippen LogP contribution in [0.5, 0.6) is 0 Å². The van der Waals surface area contributed by atoms with Crippen LogP contribution in [0.2, 0.25) is 0 Å². The van der Waals surface area contributed by atoms with Crippen LogP contribution in [0.25, 0.3) is 0 Å². The molecule has 0 aromatic rings. The molecule has 0 spiro atoms. The first-order valence-electron chi connectivity index (χ1n) is 11.3. The molecule has 0 aliphatic carbocycles. The molecule has 1 aliphatic heterocycles. The van der Waals surface area contributed by atoms with Gasteiger partial charge in [0.2, 0.25) is 5.91 Å². The molecule has 0 radical (unpaired) electrons. The van der Waals surface area contributed by atoms with Crippen molar-refractivity contribution >= 4 is 28.9 Å². The number of ether oxygens (including phenoxy) is 1. The molecule has 160 valence electrons. The molecular formula is C22H42INO3. The first kappa shape index (κ1) is 25.2. The number of hydrogen-bond donors (Lipinski definition) is 0.